The first-order chi connectivity index (χ1) is 10.6. The Hall–Kier alpha value is -1.90. The topological polar surface area (TPSA) is 12.0 Å². The van der Waals surface area contributed by atoms with Gasteiger partial charge in [0.1, 0.15) is 11.6 Å². The number of nitrogens with one attached hydrogen (secondary N) is 1. The lowest BCUT2D eigenvalue weighted by Gasteiger charge is -2.41. The lowest BCUT2D eigenvalue weighted by atomic mass is 9.65. The van der Waals surface area contributed by atoms with Crippen molar-refractivity contribution in [2.24, 2.45) is 5.92 Å². The fourth-order valence-electron chi connectivity index (χ4n) is 4.14. The Kier molecular flexibility index (Phi) is 3.00. The first kappa shape index (κ1) is 13.7. The van der Waals surface area contributed by atoms with Crippen LogP contribution in [-0.4, -0.2) is 6.54 Å². The van der Waals surface area contributed by atoms with Crippen LogP contribution in [0.3, 0.4) is 0 Å². The highest BCUT2D eigenvalue weighted by Crippen LogP contribution is 2.57. The number of fused-ring (bicyclic) bond motifs is 1. The Bertz CT molecular complexity index is 736. The van der Waals surface area contributed by atoms with Crippen LogP contribution in [0, 0.1) is 24.5 Å². The lowest BCUT2D eigenvalue weighted by Crippen LogP contribution is -2.38. The summed E-state index contributed by atoms with van der Waals surface area (Å²) in [6, 6.07) is 9.96. The molecule has 1 N–H and O–H groups in total. The second-order valence-electron chi connectivity index (χ2n) is 6.57. The Balaban J connectivity index is 2.00. The first-order valence-corrected chi connectivity index (χ1v) is 7.92. The minimum Gasteiger partial charge on any atom is -0.385 e. The van der Waals surface area contributed by atoms with Crippen molar-refractivity contribution in [1.82, 2.24) is 0 Å². The van der Waals surface area contributed by atoms with Gasteiger partial charge in [0, 0.05) is 17.6 Å². The predicted molar refractivity (Wildman–Crippen MR) is 84.1 cm³/mol. The van der Waals surface area contributed by atoms with Crippen molar-refractivity contribution >= 4 is 5.69 Å². The zero-order valence-corrected chi connectivity index (χ0v) is 12.6. The van der Waals surface area contributed by atoms with Crippen LogP contribution in [-0.2, 0) is 5.41 Å². The number of rotatable bonds is 2. The Morgan fingerprint density at radius 3 is 2.41 bits per heavy atom. The average molecular weight is 299 g/mol. The van der Waals surface area contributed by atoms with E-state index in [1.165, 1.54) is 12.1 Å². The quantitative estimate of drug-likeness (QED) is 0.841. The van der Waals surface area contributed by atoms with Crippen molar-refractivity contribution in [3.8, 4) is 0 Å². The second-order valence-corrected chi connectivity index (χ2v) is 6.57. The van der Waals surface area contributed by atoms with Gasteiger partial charge in [0.25, 0.3) is 0 Å². The van der Waals surface area contributed by atoms with Gasteiger partial charge in [-0.15, -0.1) is 0 Å². The maximum atomic E-state index is 13.9. The Morgan fingerprint density at radius 2 is 1.68 bits per heavy atom. The molecular formula is C19H19F2N. The third-order valence-corrected chi connectivity index (χ3v) is 5.25. The summed E-state index contributed by atoms with van der Waals surface area (Å²) in [7, 11) is 0. The fraction of sp³-hybridized carbons (Fsp3) is 0.368. The highest BCUT2D eigenvalue weighted by atomic mass is 19.1. The molecule has 0 saturated heterocycles. The minimum atomic E-state index is -0.255. The molecule has 3 heteroatoms. The van der Waals surface area contributed by atoms with Gasteiger partial charge < -0.3 is 5.32 Å². The molecule has 1 unspecified atom stereocenters. The molecule has 22 heavy (non-hydrogen) atoms. The van der Waals surface area contributed by atoms with Crippen molar-refractivity contribution in [1.29, 1.82) is 0 Å². The van der Waals surface area contributed by atoms with Gasteiger partial charge in [-0.05, 0) is 79.1 Å². The fourth-order valence-corrected chi connectivity index (χ4v) is 4.14. The van der Waals surface area contributed by atoms with Gasteiger partial charge in [0.05, 0.1) is 0 Å². The molecule has 0 spiro atoms. The SMILES string of the molecule is Cc1ccc(F)cc1C1(C2CC2)CCNc2ccc(F)cc21. The van der Waals surface area contributed by atoms with Gasteiger partial charge in [0.2, 0.25) is 0 Å². The number of aryl methyl sites for hydroxylation is 1. The molecule has 2 aromatic rings. The molecule has 0 aromatic heterocycles. The Labute approximate surface area is 129 Å². The molecule has 4 rings (SSSR count). The zero-order chi connectivity index (χ0) is 15.3. The number of halogens is 2. The van der Waals surface area contributed by atoms with Gasteiger partial charge in [0.15, 0.2) is 0 Å². The molecule has 1 atom stereocenters. The molecule has 1 fully saturated rings. The largest absolute Gasteiger partial charge is 0.385 e. The molecule has 114 valence electrons. The molecule has 0 amide bonds. The summed E-state index contributed by atoms with van der Waals surface area (Å²) < 4.78 is 27.8. The van der Waals surface area contributed by atoms with Crippen LogP contribution in [0.1, 0.15) is 36.0 Å². The zero-order valence-electron chi connectivity index (χ0n) is 12.6. The third kappa shape index (κ3) is 1.95. The number of benzene rings is 2. The normalized spacial score (nSPS) is 23.8. The van der Waals surface area contributed by atoms with E-state index in [1.54, 1.807) is 12.1 Å². The van der Waals surface area contributed by atoms with Gasteiger partial charge >= 0.3 is 0 Å². The molecule has 1 nitrogen and oxygen atoms in total. The molecule has 2 aliphatic rings. The number of hydrogen-bond donors (Lipinski definition) is 1. The van der Waals surface area contributed by atoms with Crippen LogP contribution in [0.25, 0.3) is 0 Å². The van der Waals surface area contributed by atoms with Crippen LogP contribution >= 0.6 is 0 Å². The first-order valence-electron chi connectivity index (χ1n) is 7.92. The van der Waals surface area contributed by atoms with Crippen molar-refractivity contribution in [3.05, 3.63) is 64.7 Å². The summed E-state index contributed by atoms with van der Waals surface area (Å²) in [6.07, 6.45) is 3.15. The maximum absolute atomic E-state index is 13.9. The van der Waals surface area contributed by atoms with Crippen LogP contribution in [0.5, 0.6) is 0 Å². The number of hydrogen-bond acceptors (Lipinski definition) is 1. The van der Waals surface area contributed by atoms with E-state index in [-0.39, 0.29) is 17.0 Å². The van der Waals surface area contributed by atoms with E-state index in [2.05, 4.69) is 5.32 Å². The average Bonchev–Trinajstić information content (AvgIpc) is 3.34. The van der Waals surface area contributed by atoms with Crippen molar-refractivity contribution in [2.45, 2.75) is 31.6 Å². The van der Waals surface area contributed by atoms with Crippen LogP contribution in [0.15, 0.2) is 36.4 Å². The van der Waals surface area contributed by atoms with E-state index in [9.17, 15) is 8.78 Å². The van der Waals surface area contributed by atoms with Gasteiger partial charge in [-0.3, -0.25) is 0 Å². The monoisotopic (exact) mass is 299 g/mol. The van der Waals surface area contributed by atoms with Gasteiger partial charge in [-0.25, -0.2) is 8.78 Å². The summed E-state index contributed by atoms with van der Waals surface area (Å²) in [5.74, 6) is 0.0503. The van der Waals surface area contributed by atoms with E-state index >= 15 is 0 Å². The molecule has 1 aliphatic heterocycles. The molecule has 1 aliphatic carbocycles. The van der Waals surface area contributed by atoms with Crippen molar-refractivity contribution < 1.29 is 8.78 Å². The lowest BCUT2D eigenvalue weighted by molar-refractivity contribution is 0.408. The highest BCUT2D eigenvalue weighted by molar-refractivity contribution is 5.62. The van der Waals surface area contributed by atoms with Crippen molar-refractivity contribution in [2.75, 3.05) is 11.9 Å². The van der Waals surface area contributed by atoms with E-state index in [1.807, 2.05) is 19.1 Å². The molecule has 1 heterocycles. The van der Waals surface area contributed by atoms with Crippen LogP contribution in [0.4, 0.5) is 14.5 Å². The highest BCUT2D eigenvalue weighted by Gasteiger charge is 2.50. The Morgan fingerprint density at radius 1 is 1.00 bits per heavy atom. The van der Waals surface area contributed by atoms with Crippen LogP contribution in [0.2, 0.25) is 0 Å². The molecule has 0 bridgehead atoms. The summed E-state index contributed by atoms with van der Waals surface area (Å²) in [5, 5.41) is 3.37. The molecular weight excluding hydrogens is 280 g/mol. The third-order valence-electron chi connectivity index (χ3n) is 5.25. The summed E-state index contributed by atoms with van der Waals surface area (Å²) in [4.78, 5) is 0. The summed E-state index contributed by atoms with van der Waals surface area (Å²) >= 11 is 0. The van der Waals surface area contributed by atoms with E-state index in [4.69, 9.17) is 0 Å². The molecule has 1 saturated carbocycles. The molecule has 2 aromatic carbocycles. The van der Waals surface area contributed by atoms with Gasteiger partial charge in [-0.1, -0.05) is 6.07 Å². The standard InChI is InChI=1S/C19H19F2N/c1-12-2-5-14(20)10-16(12)19(13-3-4-13)8-9-22-18-7-6-15(21)11-17(18)19/h2,5-7,10-11,13,22H,3-4,8-9H2,1H3. The summed E-state index contributed by atoms with van der Waals surface area (Å²) in [6.45, 7) is 2.87. The van der Waals surface area contributed by atoms with Crippen molar-refractivity contribution in [3.63, 3.8) is 0 Å². The number of anilines is 1. The van der Waals surface area contributed by atoms with Crippen LogP contribution < -0.4 is 5.32 Å². The van der Waals surface area contributed by atoms with E-state index < -0.39 is 0 Å². The maximum Gasteiger partial charge on any atom is 0.123 e. The van der Waals surface area contributed by atoms with E-state index in [0.717, 1.165) is 48.2 Å². The minimum absolute atomic E-state index is 0.211. The second kappa shape index (κ2) is 4.80. The predicted octanol–water partition coefficient (Wildman–Crippen LogP) is 4.78. The molecule has 0 radical (unpaired) electrons. The smallest absolute Gasteiger partial charge is 0.123 e. The van der Waals surface area contributed by atoms with E-state index in [0.29, 0.717) is 5.92 Å². The summed E-state index contributed by atoms with van der Waals surface area (Å²) in [5.41, 5.74) is 3.85. The van der Waals surface area contributed by atoms with Gasteiger partial charge in [-0.2, -0.15) is 0 Å².